The number of carbonyl (C=O) groups is 1. The molecule has 1 aromatic carbocycles. The van der Waals surface area contributed by atoms with Gasteiger partial charge in [-0.1, -0.05) is 41.9 Å². The minimum atomic E-state index is -0.252. The highest BCUT2D eigenvalue weighted by atomic mass is 35.5. The van der Waals surface area contributed by atoms with Crippen LogP contribution < -0.4 is 21.5 Å². The monoisotopic (exact) mass is 333 g/mol. The summed E-state index contributed by atoms with van der Waals surface area (Å²) in [5, 5.41) is 2.97. The van der Waals surface area contributed by atoms with E-state index in [-0.39, 0.29) is 29.3 Å². The van der Waals surface area contributed by atoms with Gasteiger partial charge < -0.3 is 21.5 Å². The number of aliphatic imine (C=N–C) groups is 1. The lowest BCUT2D eigenvalue weighted by Gasteiger charge is -2.08. The maximum absolute atomic E-state index is 11.7. The van der Waals surface area contributed by atoms with Crippen LogP contribution in [0.3, 0.4) is 0 Å². The molecule has 0 saturated heterocycles. The van der Waals surface area contributed by atoms with Crippen LogP contribution in [0.4, 0.5) is 5.82 Å². The maximum Gasteiger partial charge on any atom is 0.258 e. The normalized spacial score (nSPS) is 9.96. The van der Waals surface area contributed by atoms with Gasteiger partial charge in [0.05, 0.1) is 11.2 Å². The molecule has 7 nitrogen and oxygen atoms in total. The Balaban J connectivity index is 1.84. The third-order valence-electron chi connectivity index (χ3n) is 2.73. The smallest absolute Gasteiger partial charge is 0.258 e. The zero-order valence-electron chi connectivity index (χ0n) is 12.2. The average molecular weight is 334 g/mol. The number of nitrogens with two attached hydrogens (primary N) is 2. The molecule has 2 rings (SSSR count). The zero-order chi connectivity index (χ0) is 16.7. The van der Waals surface area contributed by atoms with Crippen molar-refractivity contribution in [3.8, 4) is 5.75 Å². The Labute approximate surface area is 138 Å². The Kier molecular flexibility index (Phi) is 5.76. The van der Waals surface area contributed by atoms with Gasteiger partial charge in [-0.05, 0) is 5.56 Å². The van der Waals surface area contributed by atoms with Crippen LogP contribution in [0.5, 0.6) is 5.75 Å². The molecule has 0 aliphatic heterocycles. The first kappa shape index (κ1) is 16.6. The second-order valence-electron chi connectivity index (χ2n) is 4.56. The summed E-state index contributed by atoms with van der Waals surface area (Å²) < 4.78 is 5.33. The molecule has 120 valence electrons. The first-order valence-corrected chi connectivity index (χ1v) is 7.11. The van der Waals surface area contributed by atoms with Crippen molar-refractivity contribution in [2.45, 2.75) is 6.54 Å². The Morgan fingerprint density at radius 1 is 1.30 bits per heavy atom. The number of carbonyl (C=O) groups excluding carboxylic acids is 1. The minimum absolute atomic E-state index is 0.145. The number of nitrogens with one attached hydrogen (secondary N) is 1. The summed E-state index contributed by atoms with van der Waals surface area (Å²) in [5.41, 5.74) is 11.5. The number of hydrogen-bond donors (Lipinski definition) is 3. The van der Waals surface area contributed by atoms with Gasteiger partial charge >= 0.3 is 0 Å². The lowest BCUT2D eigenvalue weighted by molar-refractivity contribution is -0.123. The number of nitrogens with zero attached hydrogens (tertiary/aromatic N) is 2. The van der Waals surface area contributed by atoms with Crippen LogP contribution in [-0.4, -0.2) is 23.5 Å². The summed E-state index contributed by atoms with van der Waals surface area (Å²) in [6.07, 6.45) is 1.39. The van der Waals surface area contributed by atoms with E-state index in [0.717, 1.165) is 5.56 Å². The summed E-state index contributed by atoms with van der Waals surface area (Å²) in [6.45, 7) is 0.290. The van der Waals surface area contributed by atoms with Gasteiger partial charge in [0.1, 0.15) is 5.75 Å². The van der Waals surface area contributed by atoms with Gasteiger partial charge in [-0.3, -0.25) is 4.79 Å². The highest BCUT2D eigenvalue weighted by Gasteiger charge is 2.06. The highest BCUT2D eigenvalue weighted by Crippen LogP contribution is 2.25. The lowest BCUT2D eigenvalue weighted by Crippen LogP contribution is -2.28. The van der Waals surface area contributed by atoms with Gasteiger partial charge in [-0.2, -0.15) is 4.99 Å². The molecule has 23 heavy (non-hydrogen) atoms. The number of ether oxygens (including phenoxy) is 1. The Hall–Kier alpha value is -2.80. The fraction of sp³-hybridized carbons (Fsp3) is 0.133. The van der Waals surface area contributed by atoms with Crippen LogP contribution in [0.1, 0.15) is 5.56 Å². The number of halogens is 1. The molecule has 1 aromatic heterocycles. The van der Waals surface area contributed by atoms with Crippen molar-refractivity contribution >= 4 is 29.3 Å². The van der Waals surface area contributed by atoms with Crippen LogP contribution in [0, 0.1) is 0 Å². The Bertz CT molecular complexity index is 702. The number of amides is 1. The van der Waals surface area contributed by atoms with E-state index in [1.54, 1.807) is 0 Å². The summed E-state index contributed by atoms with van der Waals surface area (Å²) in [4.78, 5) is 19.4. The number of rotatable bonds is 6. The van der Waals surface area contributed by atoms with Crippen molar-refractivity contribution in [2.24, 2.45) is 16.5 Å². The van der Waals surface area contributed by atoms with Crippen LogP contribution in [0.25, 0.3) is 0 Å². The molecular formula is C15H16ClN5O2. The van der Waals surface area contributed by atoms with Crippen LogP contribution in [0.15, 0.2) is 47.6 Å². The van der Waals surface area contributed by atoms with Crippen molar-refractivity contribution in [1.29, 1.82) is 0 Å². The third kappa shape index (κ3) is 5.48. The number of pyridine rings is 1. The summed E-state index contributed by atoms with van der Waals surface area (Å²) in [5.74, 6) is 0.138. The van der Waals surface area contributed by atoms with Crippen molar-refractivity contribution < 1.29 is 9.53 Å². The molecule has 0 saturated carbocycles. The number of guanidine groups is 1. The van der Waals surface area contributed by atoms with Gasteiger partial charge in [0, 0.05) is 12.6 Å². The van der Waals surface area contributed by atoms with E-state index >= 15 is 0 Å². The number of hydrogen-bond acceptors (Lipinski definition) is 4. The fourth-order valence-electron chi connectivity index (χ4n) is 1.69. The zero-order valence-corrected chi connectivity index (χ0v) is 13.0. The van der Waals surface area contributed by atoms with Crippen molar-refractivity contribution in [1.82, 2.24) is 10.3 Å². The van der Waals surface area contributed by atoms with Gasteiger partial charge in [0.15, 0.2) is 18.4 Å². The second kappa shape index (κ2) is 8.00. The summed E-state index contributed by atoms with van der Waals surface area (Å²) in [7, 11) is 0. The maximum atomic E-state index is 11.7. The fourth-order valence-corrected chi connectivity index (χ4v) is 1.89. The summed E-state index contributed by atoms with van der Waals surface area (Å²) in [6, 6.07) is 11.1. The quantitative estimate of drug-likeness (QED) is 0.545. The summed E-state index contributed by atoms with van der Waals surface area (Å²) >= 11 is 5.97. The molecule has 2 aromatic rings. The molecule has 0 aliphatic carbocycles. The molecule has 0 radical (unpaired) electrons. The molecule has 1 heterocycles. The molecule has 0 aliphatic rings. The lowest BCUT2D eigenvalue weighted by atomic mass is 10.2. The predicted molar refractivity (Wildman–Crippen MR) is 88.5 cm³/mol. The molecular weight excluding hydrogens is 318 g/mol. The number of aromatic nitrogens is 1. The molecule has 0 unspecified atom stereocenters. The highest BCUT2D eigenvalue weighted by molar-refractivity contribution is 6.32. The number of benzene rings is 1. The van der Waals surface area contributed by atoms with E-state index in [9.17, 15) is 4.79 Å². The molecule has 1 amide bonds. The largest absolute Gasteiger partial charge is 0.482 e. The Morgan fingerprint density at radius 2 is 2.04 bits per heavy atom. The van der Waals surface area contributed by atoms with Gasteiger partial charge in [0.2, 0.25) is 0 Å². The van der Waals surface area contributed by atoms with E-state index < -0.39 is 0 Å². The molecule has 0 fully saturated rings. The average Bonchev–Trinajstić information content (AvgIpc) is 2.54. The van der Waals surface area contributed by atoms with E-state index in [1.165, 1.54) is 12.3 Å². The first-order valence-electron chi connectivity index (χ1n) is 6.73. The topological polar surface area (TPSA) is 116 Å². The van der Waals surface area contributed by atoms with Gasteiger partial charge in [-0.15, -0.1) is 0 Å². The van der Waals surface area contributed by atoms with Crippen molar-refractivity contribution in [2.75, 3.05) is 6.61 Å². The second-order valence-corrected chi connectivity index (χ2v) is 4.97. The molecule has 0 spiro atoms. The minimum Gasteiger partial charge on any atom is -0.482 e. The van der Waals surface area contributed by atoms with E-state index in [1.807, 2.05) is 30.3 Å². The van der Waals surface area contributed by atoms with Gasteiger partial charge in [0.25, 0.3) is 5.91 Å². The SMILES string of the molecule is NC(N)=Nc1ncc(OCC(=O)NCc2ccccc2)cc1Cl. The Morgan fingerprint density at radius 3 is 2.70 bits per heavy atom. The van der Waals surface area contributed by atoms with E-state index in [2.05, 4.69) is 15.3 Å². The van der Waals surface area contributed by atoms with Crippen molar-refractivity contribution in [3.05, 3.63) is 53.2 Å². The first-order chi connectivity index (χ1) is 11.0. The predicted octanol–water partition coefficient (Wildman–Crippen LogP) is 1.34. The van der Waals surface area contributed by atoms with E-state index in [0.29, 0.717) is 12.3 Å². The molecule has 5 N–H and O–H groups in total. The standard InChI is InChI=1S/C15H16ClN5O2/c16-12-6-11(8-20-14(12)21-15(17)18)23-9-13(22)19-7-10-4-2-1-3-5-10/h1-6,8H,7,9H2,(H,19,22)(H4,17,18,20,21). The van der Waals surface area contributed by atoms with E-state index in [4.69, 9.17) is 27.8 Å². The van der Waals surface area contributed by atoms with Crippen LogP contribution in [0.2, 0.25) is 5.02 Å². The van der Waals surface area contributed by atoms with Crippen LogP contribution in [-0.2, 0) is 11.3 Å². The third-order valence-corrected chi connectivity index (χ3v) is 3.01. The molecule has 0 bridgehead atoms. The molecule has 0 atom stereocenters. The van der Waals surface area contributed by atoms with Crippen molar-refractivity contribution in [3.63, 3.8) is 0 Å². The van der Waals surface area contributed by atoms with Crippen LogP contribution >= 0.6 is 11.6 Å². The molecule has 8 heteroatoms. The van der Waals surface area contributed by atoms with Gasteiger partial charge in [-0.25, -0.2) is 4.98 Å².